The topological polar surface area (TPSA) is 88.3 Å². The molecule has 0 unspecified atom stereocenters. The number of nitrogens with zero attached hydrogens (tertiary/aromatic N) is 3. The summed E-state index contributed by atoms with van der Waals surface area (Å²) in [6, 6.07) is 0. The van der Waals surface area contributed by atoms with Crippen LogP contribution in [-0.4, -0.2) is 46.5 Å². The molecule has 0 aliphatic carbocycles. The van der Waals surface area contributed by atoms with Gasteiger partial charge in [0.05, 0.1) is 6.54 Å². The van der Waals surface area contributed by atoms with Crippen LogP contribution >= 0.6 is 0 Å². The molecule has 128 valence electrons. The molecule has 7 nitrogen and oxygen atoms in total. The van der Waals surface area contributed by atoms with Crippen molar-refractivity contribution < 1.29 is 14.1 Å². The van der Waals surface area contributed by atoms with Gasteiger partial charge in [0, 0.05) is 25.4 Å². The van der Waals surface area contributed by atoms with Crippen LogP contribution < -0.4 is 5.32 Å². The van der Waals surface area contributed by atoms with Gasteiger partial charge in [0.2, 0.25) is 17.7 Å². The maximum Gasteiger partial charge on any atom is 0.241 e. The number of nitrogens with one attached hydrogen (secondary N) is 1. The van der Waals surface area contributed by atoms with E-state index in [0.29, 0.717) is 31.2 Å². The van der Waals surface area contributed by atoms with Crippen LogP contribution in [0.1, 0.15) is 57.7 Å². The van der Waals surface area contributed by atoms with Gasteiger partial charge < -0.3 is 14.7 Å². The van der Waals surface area contributed by atoms with E-state index in [1.165, 1.54) is 0 Å². The van der Waals surface area contributed by atoms with Crippen molar-refractivity contribution in [3.63, 3.8) is 0 Å². The predicted molar refractivity (Wildman–Crippen MR) is 84.7 cm³/mol. The summed E-state index contributed by atoms with van der Waals surface area (Å²) in [5.74, 6) is 1.40. The lowest BCUT2D eigenvalue weighted by Gasteiger charge is -2.30. The number of piperidine rings is 1. The number of likely N-dealkylation sites (tertiary alicyclic amines) is 1. The van der Waals surface area contributed by atoms with Crippen LogP contribution in [0, 0.1) is 12.3 Å². The molecule has 1 aromatic heterocycles. The first kappa shape index (κ1) is 17.4. The lowest BCUT2D eigenvalue weighted by atomic mass is 9.92. The van der Waals surface area contributed by atoms with Crippen LogP contribution in [-0.2, 0) is 9.59 Å². The third kappa shape index (κ3) is 5.33. The summed E-state index contributed by atoms with van der Waals surface area (Å²) in [6.07, 6.45) is 2.03. The average molecular weight is 322 g/mol. The molecule has 1 aliphatic rings. The number of aromatic nitrogens is 2. The quantitative estimate of drug-likeness (QED) is 0.910. The Morgan fingerprint density at radius 1 is 1.30 bits per heavy atom. The van der Waals surface area contributed by atoms with Gasteiger partial charge in [-0.15, -0.1) is 0 Å². The predicted octanol–water partition coefficient (Wildman–Crippen LogP) is 1.64. The van der Waals surface area contributed by atoms with Crippen molar-refractivity contribution in [2.24, 2.45) is 5.41 Å². The summed E-state index contributed by atoms with van der Waals surface area (Å²) >= 11 is 0. The highest BCUT2D eigenvalue weighted by atomic mass is 16.5. The minimum Gasteiger partial charge on any atom is -0.347 e. The van der Waals surface area contributed by atoms with E-state index in [2.05, 4.69) is 15.5 Å². The highest BCUT2D eigenvalue weighted by Gasteiger charge is 2.27. The third-order valence-electron chi connectivity index (χ3n) is 3.87. The lowest BCUT2D eigenvalue weighted by Crippen LogP contribution is -2.44. The standard InChI is InChI=1S/C16H26N4O3/c1-11-18-15(23-19-11)12-5-7-20(8-6-12)14(22)10-17-13(21)9-16(2,3)4/h12H,5-10H2,1-4H3,(H,17,21). The van der Waals surface area contributed by atoms with Gasteiger partial charge in [-0.05, 0) is 25.2 Å². The van der Waals surface area contributed by atoms with Gasteiger partial charge >= 0.3 is 0 Å². The zero-order chi connectivity index (χ0) is 17.0. The maximum absolute atomic E-state index is 12.2. The van der Waals surface area contributed by atoms with Crippen LogP contribution in [0.25, 0.3) is 0 Å². The fourth-order valence-electron chi connectivity index (χ4n) is 2.68. The van der Waals surface area contributed by atoms with Gasteiger partial charge in [-0.2, -0.15) is 4.98 Å². The third-order valence-corrected chi connectivity index (χ3v) is 3.87. The van der Waals surface area contributed by atoms with Crippen molar-refractivity contribution in [1.29, 1.82) is 0 Å². The smallest absolute Gasteiger partial charge is 0.241 e. The molecule has 1 saturated heterocycles. The molecule has 2 heterocycles. The van der Waals surface area contributed by atoms with Gasteiger partial charge in [-0.1, -0.05) is 25.9 Å². The van der Waals surface area contributed by atoms with E-state index >= 15 is 0 Å². The fourth-order valence-corrected chi connectivity index (χ4v) is 2.68. The average Bonchev–Trinajstić information content (AvgIpc) is 2.90. The summed E-state index contributed by atoms with van der Waals surface area (Å²) in [4.78, 5) is 30.0. The summed E-state index contributed by atoms with van der Waals surface area (Å²) in [5.41, 5.74) is -0.0757. The number of aryl methyl sites for hydroxylation is 1. The Morgan fingerprint density at radius 2 is 1.96 bits per heavy atom. The lowest BCUT2D eigenvalue weighted by molar-refractivity contribution is -0.134. The molecule has 0 radical (unpaired) electrons. The summed E-state index contributed by atoms with van der Waals surface area (Å²) in [7, 11) is 0. The molecule has 23 heavy (non-hydrogen) atoms. The van der Waals surface area contributed by atoms with Crippen LogP contribution in [0.4, 0.5) is 0 Å². The fraction of sp³-hybridized carbons (Fsp3) is 0.750. The van der Waals surface area contributed by atoms with Gasteiger partial charge in [-0.25, -0.2) is 0 Å². The van der Waals surface area contributed by atoms with Gasteiger partial charge in [0.15, 0.2) is 5.82 Å². The van der Waals surface area contributed by atoms with Crippen molar-refractivity contribution >= 4 is 11.8 Å². The first-order chi connectivity index (χ1) is 10.7. The number of amides is 2. The van der Waals surface area contributed by atoms with Crippen molar-refractivity contribution in [1.82, 2.24) is 20.4 Å². The van der Waals surface area contributed by atoms with Crippen molar-refractivity contribution in [2.45, 2.75) is 52.9 Å². The molecule has 1 fully saturated rings. The van der Waals surface area contributed by atoms with Crippen molar-refractivity contribution in [3.05, 3.63) is 11.7 Å². The number of carbonyl (C=O) groups excluding carboxylic acids is 2. The van der Waals surface area contributed by atoms with Crippen LogP contribution in [0.15, 0.2) is 4.52 Å². The highest BCUT2D eigenvalue weighted by Crippen LogP contribution is 2.26. The Balaban J connectivity index is 1.74. The Morgan fingerprint density at radius 3 is 2.48 bits per heavy atom. The zero-order valence-corrected chi connectivity index (χ0v) is 14.4. The molecule has 1 aliphatic heterocycles. The first-order valence-corrected chi connectivity index (χ1v) is 8.09. The summed E-state index contributed by atoms with van der Waals surface area (Å²) in [6.45, 7) is 9.17. The second-order valence-electron chi connectivity index (χ2n) is 7.35. The van der Waals surface area contributed by atoms with E-state index < -0.39 is 0 Å². The second kappa shape index (κ2) is 7.10. The molecular formula is C16H26N4O3. The van der Waals surface area contributed by atoms with E-state index in [4.69, 9.17) is 4.52 Å². The molecule has 7 heteroatoms. The molecule has 1 N–H and O–H groups in total. The minimum absolute atomic E-state index is 0.0348. The number of carbonyl (C=O) groups is 2. The van der Waals surface area contributed by atoms with E-state index in [9.17, 15) is 9.59 Å². The summed E-state index contributed by atoms with van der Waals surface area (Å²) in [5, 5.41) is 6.52. The molecule has 0 spiro atoms. The van der Waals surface area contributed by atoms with Gasteiger partial charge in [-0.3, -0.25) is 9.59 Å². The highest BCUT2D eigenvalue weighted by molar-refractivity contribution is 5.85. The Labute approximate surface area is 136 Å². The SMILES string of the molecule is Cc1noc(C2CCN(C(=O)CNC(=O)CC(C)(C)C)CC2)n1. The van der Waals surface area contributed by atoms with Gasteiger partial charge in [0.1, 0.15) is 0 Å². The number of hydrogen-bond acceptors (Lipinski definition) is 5. The zero-order valence-electron chi connectivity index (χ0n) is 14.4. The molecule has 0 saturated carbocycles. The molecule has 1 aromatic rings. The minimum atomic E-state index is -0.0814. The Hall–Kier alpha value is -1.92. The molecular weight excluding hydrogens is 296 g/mol. The second-order valence-corrected chi connectivity index (χ2v) is 7.35. The first-order valence-electron chi connectivity index (χ1n) is 8.09. The van der Waals surface area contributed by atoms with Crippen LogP contribution in [0.2, 0.25) is 0 Å². The molecule has 0 bridgehead atoms. The monoisotopic (exact) mass is 322 g/mol. The van der Waals surface area contributed by atoms with Crippen molar-refractivity contribution in [2.75, 3.05) is 19.6 Å². The van der Waals surface area contributed by atoms with E-state index in [1.807, 2.05) is 20.8 Å². The normalized spacial score (nSPS) is 16.4. The summed E-state index contributed by atoms with van der Waals surface area (Å²) < 4.78 is 5.20. The molecule has 2 rings (SSSR count). The molecule has 2 amide bonds. The maximum atomic E-state index is 12.2. The van der Waals surface area contributed by atoms with E-state index in [0.717, 1.165) is 12.8 Å². The molecule has 0 aromatic carbocycles. The Kier molecular flexibility index (Phi) is 5.38. The van der Waals surface area contributed by atoms with Crippen molar-refractivity contribution in [3.8, 4) is 0 Å². The number of rotatable bonds is 4. The Bertz CT molecular complexity index is 554. The van der Waals surface area contributed by atoms with Crippen LogP contribution in [0.5, 0.6) is 0 Å². The molecule has 0 atom stereocenters. The van der Waals surface area contributed by atoms with E-state index in [-0.39, 0.29) is 29.7 Å². The number of hydrogen-bond donors (Lipinski definition) is 1. The van der Waals surface area contributed by atoms with E-state index in [1.54, 1.807) is 11.8 Å². The van der Waals surface area contributed by atoms with Crippen LogP contribution in [0.3, 0.4) is 0 Å². The largest absolute Gasteiger partial charge is 0.347 e. The van der Waals surface area contributed by atoms with Gasteiger partial charge in [0.25, 0.3) is 0 Å².